The van der Waals surface area contributed by atoms with Crippen LogP contribution in [-0.2, 0) is 4.79 Å². The number of hydrogen-bond donors (Lipinski definition) is 1. The van der Waals surface area contributed by atoms with Crippen molar-refractivity contribution in [2.45, 2.75) is 31.7 Å². The molecular weight excluding hydrogens is 262 g/mol. The zero-order chi connectivity index (χ0) is 13.2. The largest absolute Gasteiger partial charge is 0.324 e. The minimum absolute atomic E-state index is 0.0386. The number of nitrogens with zero attached hydrogens (tertiary/aromatic N) is 2. The van der Waals surface area contributed by atoms with Gasteiger partial charge in [0.15, 0.2) is 0 Å². The topological polar surface area (TPSA) is 45.2 Å². The average molecular weight is 280 g/mol. The first-order valence-corrected chi connectivity index (χ1v) is 7.25. The summed E-state index contributed by atoms with van der Waals surface area (Å²) < 4.78 is 0. The van der Waals surface area contributed by atoms with Gasteiger partial charge in [-0.3, -0.25) is 9.69 Å². The maximum atomic E-state index is 12.0. The third-order valence-corrected chi connectivity index (χ3v) is 4.16. The fraction of sp³-hybridized carbons (Fsp3) is 0.571. The highest BCUT2D eigenvalue weighted by Gasteiger charge is 2.38. The molecule has 0 spiro atoms. The molecule has 3 rings (SSSR count). The second-order valence-corrected chi connectivity index (χ2v) is 5.82. The number of likely N-dealkylation sites (tertiary alicyclic amines) is 1. The molecule has 2 aliphatic rings. The van der Waals surface area contributed by atoms with Crippen molar-refractivity contribution in [1.82, 2.24) is 9.88 Å². The zero-order valence-corrected chi connectivity index (χ0v) is 11.6. The van der Waals surface area contributed by atoms with Gasteiger partial charge in [-0.1, -0.05) is 11.6 Å². The van der Waals surface area contributed by atoms with Crippen molar-refractivity contribution in [2.24, 2.45) is 5.92 Å². The first-order valence-electron chi connectivity index (χ1n) is 6.88. The average Bonchev–Trinajstić information content (AvgIpc) is 3.13. The smallest absolute Gasteiger partial charge is 0.238 e. The third-order valence-electron chi connectivity index (χ3n) is 3.94. The van der Waals surface area contributed by atoms with Gasteiger partial charge in [0.2, 0.25) is 5.91 Å². The van der Waals surface area contributed by atoms with Crippen LogP contribution >= 0.6 is 11.6 Å². The normalized spacial score (nSPS) is 23.5. The molecule has 1 saturated heterocycles. The first-order chi connectivity index (χ1) is 9.22. The Morgan fingerprint density at radius 3 is 2.95 bits per heavy atom. The molecule has 0 bridgehead atoms. The van der Waals surface area contributed by atoms with E-state index >= 15 is 0 Å². The molecule has 1 aliphatic carbocycles. The molecule has 1 aromatic heterocycles. The number of rotatable bonds is 4. The van der Waals surface area contributed by atoms with E-state index in [9.17, 15) is 4.79 Å². The highest BCUT2D eigenvalue weighted by atomic mass is 35.5. The lowest BCUT2D eigenvalue weighted by Gasteiger charge is -2.23. The highest BCUT2D eigenvalue weighted by molar-refractivity contribution is 6.29. The zero-order valence-electron chi connectivity index (χ0n) is 10.8. The molecule has 0 radical (unpaired) electrons. The van der Waals surface area contributed by atoms with Gasteiger partial charge in [-0.15, -0.1) is 0 Å². The van der Waals surface area contributed by atoms with Gasteiger partial charge in [0.1, 0.15) is 5.15 Å². The van der Waals surface area contributed by atoms with Crippen molar-refractivity contribution in [1.29, 1.82) is 0 Å². The van der Waals surface area contributed by atoms with Crippen LogP contribution in [-0.4, -0.2) is 34.9 Å². The lowest BCUT2D eigenvalue weighted by atomic mass is 10.1. The molecule has 1 amide bonds. The monoisotopic (exact) mass is 279 g/mol. The number of carbonyl (C=O) groups is 1. The molecule has 102 valence electrons. The highest BCUT2D eigenvalue weighted by Crippen LogP contribution is 2.39. The number of nitrogens with one attached hydrogen (secondary N) is 1. The molecule has 1 unspecified atom stereocenters. The van der Waals surface area contributed by atoms with Gasteiger partial charge in [-0.2, -0.15) is 0 Å². The van der Waals surface area contributed by atoms with Crippen LogP contribution in [0.2, 0.25) is 5.15 Å². The molecule has 1 aromatic rings. The molecule has 1 atom stereocenters. The Bertz CT molecular complexity index is 458. The van der Waals surface area contributed by atoms with Crippen LogP contribution in [0.4, 0.5) is 5.69 Å². The van der Waals surface area contributed by atoms with Gasteiger partial charge in [-0.05, 0) is 50.3 Å². The predicted molar refractivity (Wildman–Crippen MR) is 75.2 cm³/mol. The van der Waals surface area contributed by atoms with E-state index in [4.69, 9.17) is 11.6 Å². The molecule has 0 aromatic carbocycles. The Labute approximate surface area is 118 Å². The quantitative estimate of drug-likeness (QED) is 0.862. The van der Waals surface area contributed by atoms with Crippen molar-refractivity contribution >= 4 is 23.2 Å². The van der Waals surface area contributed by atoms with Gasteiger partial charge in [0, 0.05) is 6.04 Å². The van der Waals surface area contributed by atoms with Crippen molar-refractivity contribution in [2.75, 3.05) is 18.4 Å². The number of carbonyl (C=O) groups excluding carboxylic acids is 1. The number of anilines is 1. The van der Waals surface area contributed by atoms with Crippen LogP contribution in [0.1, 0.15) is 25.7 Å². The van der Waals surface area contributed by atoms with Crippen molar-refractivity contribution in [3.63, 3.8) is 0 Å². The lowest BCUT2D eigenvalue weighted by Crippen LogP contribution is -2.37. The predicted octanol–water partition coefficient (Wildman–Crippen LogP) is 2.55. The first kappa shape index (κ1) is 12.9. The molecule has 2 heterocycles. The van der Waals surface area contributed by atoms with Crippen molar-refractivity contribution in [3.8, 4) is 0 Å². The molecule has 2 fully saturated rings. The molecule has 1 aliphatic heterocycles. The second-order valence-electron chi connectivity index (χ2n) is 5.44. The van der Waals surface area contributed by atoms with E-state index in [0.717, 1.165) is 12.5 Å². The van der Waals surface area contributed by atoms with Crippen LogP contribution in [0.25, 0.3) is 0 Å². The molecule has 1 saturated carbocycles. The molecule has 19 heavy (non-hydrogen) atoms. The summed E-state index contributed by atoms with van der Waals surface area (Å²) in [5, 5.41) is 3.31. The third kappa shape index (κ3) is 3.25. The summed E-state index contributed by atoms with van der Waals surface area (Å²) in [7, 11) is 0. The second kappa shape index (κ2) is 5.47. The summed E-state index contributed by atoms with van der Waals surface area (Å²) in [5.74, 6) is 0.879. The van der Waals surface area contributed by atoms with Gasteiger partial charge in [0.05, 0.1) is 18.4 Å². The number of pyridine rings is 1. The Morgan fingerprint density at radius 1 is 1.42 bits per heavy atom. The fourth-order valence-electron chi connectivity index (χ4n) is 2.90. The molecule has 5 heteroatoms. The van der Waals surface area contributed by atoms with E-state index in [1.54, 1.807) is 18.3 Å². The van der Waals surface area contributed by atoms with Crippen molar-refractivity contribution < 1.29 is 4.79 Å². The van der Waals surface area contributed by atoms with Gasteiger partial charge in [-0.25, -0.2) is 4.98 Å². The summed E-state index contributed by atoms with van der Waals surface area (Å²) in [5.41, 5.74) is 0.705. The minimum Gasteiger partial charge on any atom is -0.324 e. The van der Waals surface area contributed by atoms with Gasteiger partial charge in [0.25, 0.3) is 0 Å². The Kier molecular flexibility index (Phi) is 3.71. The summed E-state index contributed by atoms with van der Waals surface area (Å²) >= 11 is 5.71. The SMILES string of the molecule is O=C(CN1CCCC1C1CC1)Nc1ccc(Cl)nc1. The summed E-state index contributed by atoms with van der Waals surface area (Å²) in [4.78, 5) is 18.3. The van der Waals surface area contributed by atoms with Crippen LogP contribution in [0.3, 0.4) is 0 Å². The Balaban J connectivity index is 1.54. The summed E-state index contributed by atoms with van der Waals surface area (Å²) in [6.45, 7) is 1.54. The number of halogens is 1. The minimum atomic E-state index is 0.0386. The van der Waals surface area contributed by atoms with E-state index in [1.165, 1.54) is 25.7 Å². The summed E-state index contributed by atoms with van der Waals surface area (Å²) in [6.07, 6.45) is 6.73. The number of aromatic nitrogens is 1. The number of hydrogen-bond acceptors (Lipinski definition) is 3. The van der Waals surface area contributed by atoms with Gasteiger partial charge >= 0.3 is 0 Å². The summed E-state index contributed by atoms with van der Waals surface area (Å²) in [6, 6.07) is 4.09. The standard InChI is InChI=1S/C14H18ClN3O/c15-13-6-5-11(8-16-13)17-14(19)9-18-7-1-2-12(18)10-3-4-10/h5-6,8,10,12H,1-4,7,9H2,(H,17,19). The van der Waals surface area contributed by atoms with Crippen LogP contribution in [0, 0.1) is 5.92 Å². The van der Waals surface area contributed by atoms with Crippen LogP contribution < -0.4 is 5.32 Å². The molecular formula is C14H18ClN3O. The van der Waals surface area contributed by atoms with E-state index in [1.807, 2.05) is 0 Å². The lowest BCUT2D eigenvalue weighted by molar-refractivity contribution is -0.117. The van der Waals surface area contributed by atoms with Gasteiger partial charge < -0.3 is 5.32 Å². The molecule has 4 nitrogen and oxygen atoms in total. The maximum Gasteiger partial charge on any atom is 0.238 e. The number of amides is 1. The van der Waals surface area contributed by atoms with Crippen molar-refractivity contribution in [3.05, 3.63) is 23.5 Å². The van der Waals surface area contributed by atoms with E-state index in [-0.39, 0.29) is 5.91 Å². The van der Waals surface area contributed by atoms with Crippen LogP contribution in [0.15, 0.2) is 18.3 Å². The maximum absolute atomic E-state index is 12.0. The van der Waals surface area contributed by atoms with E-state index < -0.39 is 0 Å². The fourth-order valence-corrected chi connectivity index (χ4v) is 3.01. The Morgan fingerprint density at radius 2 is 2.26 bits per heavy atom. The van der Waals surface area contributed by atoms with Crippen LogP contribution in [0.5, 0.6) is 0 Å². The van der Waals surface area contributed by atoms with E-state index in [2.05, 4.69) is 15.2 Å². The Hall–Kier alpha value is -1.13. The molecule has 1 N–H and O–H groups in total. The van der Waals surface area contributed by atoms with E-state index in [0.29, 0.717) is 23.4 Å².